The minimum absolute atomic E-state index is 0.0618. The van der Waals surface area contributed by atoms with E-state index in [0.717, 1.165) is 35.9 Å². The minimum Gasteiger partial charge on any atom is -0.483 e. The Bertz CT molecular complexity index is 1640. The van der Waals surface area contributed by atoms with Crippen LogP contribution in [0.15, 0.2) is 30.6 Å². The first-order valence-electron chi connectivity index (χ1n) is 13.4. The highest BCUT2D eigenvalue weighted by atomic mass is 32.2. The number of halogens is 1. The summed E-state index contributed by atoms with van der Waals surface area (Å²) in [5.74, 6) is 0.00349. The Kier molecular flexibility index (Phi) is 7.36. The van der Waals surface area contributed by atoms with Crippen molar-refractivity contribution in [1.29, 1.82) is 0 Å². The number of anilines is 3. The normalized spacial score (nSPS) is 17.7. The molecule has 1 amide bonds. The maximum atomic E-state index is 15.5. The van der Waals surface area contributed by atoms with Crippen molar-refractivity contribution < 1.29 is 27.5 Å². The monoisotopic (exact) mass is 584 g/mol. The minimum atomic E-state index is -3.59. The van der Waals surface area contributed by atoms with Gasteiger partial charge in [0.15, 0.2) is 5.82 Å². The molecule has 2 fully saturated rings. The van der Waals surface area contributed by atoms with Gasteiger partial charge in [-0.05, 0) is 46.0 Å². The quantitative estimate of drug-likeness (QED) is 0.419. The number of rotatable bonds is 6. The van der Waals surface area contributed by atoms with Gasteiger partial charge < -0.3 is 19.8 Å². The molecule has 1 saturated carbocycles. The molecule has 1 saturated heterocycles. The number of hydrogen-bond donors (Lipinski definition) is 2. The first kappa shape index (κ1) is 28.7. The fourth-order valence-corrected chi connectivity index (χ4v) is 6.47. The standard InChI is InChI=1S/C27H31FN6O3S.CH2O2/c1-5-38(36,37)31-22-9-16(12-30-25(22)34-14-17(15-34)32(2)3)18-10-19-21(11-20(18)28)29-13-23-24(19)27(7-6-8-27)26(35)33(23)4;2-1-3/h9-13,17,31H,5-8,14-15H2,1-4H3;1H,(H,2,3). The number of hydrogen-bond acceptors (Lipinski definition) is 8. The first-order valence-corrected chi connectivity index (χ1v) is 15.0. The van der Waals surface area contributed by atoms with Crippen LogP contribution in [0.2, 0.25) is 0 Å². The first-order chi connectivity index (χ1) is 19.5. The second-order valence-corrected chi connectivity index (χ2v) is 12.9. The molecule has 0 atom stereocenters. The molecule has 2 aromatic heterocycles. The molecule has 3 aromatic rings. The van der Waals surface area contributed by atoms with E-state index in [-0.39, 0.29) is 23.7 Å². The van der Waals surface area contributed by atoms with Crippen molar-refractivity contribution in [3.8, 4) is 11.1 Å². The average Bonchev–Trinajstić information content (AvgIpc) is 3.10. The van der Waals surface area contributed by atoms with Crippen LogP contribution in [0, 0.1) is 5.82 Å². The van der Waals surface area contributed by atoms with Crippen molar-refractivity contribution >= 4 is 50.5 Å². The summed E-state index contributed by atoms with van der Waals surface area (Å²) in [6.07, 6.45) is 5.73. The number of likely N-dealkylation sites (N-methyl/N-ethyl adjacent to an activating group) is 2. The van der Waals surface area contributed by atoms with Crippen LogP contribution >= 0.6 is 0 Å². The van der Waals surface area contributed by atoms with Crippen LogP contribution in [0.1, 0.15) is 31.7 Å². The van der Waals surface area contributed by atoms with E-state index >= 15 is 4.39 Å². The number of carbonyl (C=O) groups excluding carboxylic acids is 1. The van der Waals surface area contributed by atoms with E-state index in [9.17, 15) is 13.2 Å². The van der Waals surface area contributed by atoms with Crippen LogP contribution in [0.25, 0.3) is 22.0 Å². The maximum Gasteiger partial charge on any atom is 0.290 e. The number of fused-ring (bicyclic) bond motifs is 4. The summed E-state index contributed by atoms with van der Waals surface area (Å²) in [5.41, 5.74) is 2.64. The van der Waals surface area contributed by atoms with Crippen molar-refractivity contribution in [3.63, 3.8) is 0 Å². The molecule has 3 aliphatic rings. The third kappa shape index (κ3) is 4.76. The molecule has 0 unspecified atom stereocenters. The van der Waals surface area contributed by atoms with E-state index in [1.165, 1.54) is 6.07 Å². The van der Waals surface area contributed by atoms with Crippen molar-refractivity contribution in [1.82, 2.24) is 14.9 Å². The second-order valence-electron chi connectivity index (χ2n) is 10.9. The van der Waals surface area contributed by atoms with Gasteiger partial charge in [0.1, 0.15) is 5.82 Å². The molecule has 1 spiro atoms. The van der Waals surface area contributed by atoms with Gasteiger partial charge in [-0.1, -0.05) is 6.42 Å². The Morgan fingerprint density at radius 3 is 2.46 bits per heavy atom. The molecule has 218 valence electrons. The number of carbonyl (C=O) groups is 2. The smallest absolute Gasteiger partial charge is 0.290 e. The van der Waals surface area contributed by atoms with Crippen LogP contribution in [0.4, 0.5) is 21.6 Å². The summed E-state index contributed by atoms with van der Waals surface area (Å²) in [6, 6.07) is 5.12. The predicted molar refractivity (Wildman–Crippen MR) is 155 cm³/mol. The maximum absolute atomic E-state index is 15.5. The van der Waals surface area contributed by atoms with Gasteiger partial charge in [0.25, 0.3) is 6.47 Å². The molecule has 13 heteroatoms. The summed E-state index contributed by atoms with van der Waals surface area (Å²) >= 11 is 0. The van der Waals surface area contributed by atoms with Crippen LogP contribution in [-0.2, 0) is 25.0 Å². The Balaban J connectivity index is 0.00000108. The molecule has 4 heterocycles. The molecule has 41 heavy (non-hydrogen) atoms. The largest absolute Gasteiger partial charge is 0.483 e. The lowest BCUT2D eigenvalue weighted by molar-refractivity contribution is -0.125. The summed E-state index contributed by atoms with van der Waals surface area (Å²) in [7, 11) is 2.18. The molecule has 0 radical (unpaired) electrons. The topological polar surface area (TPSA) is 136 Å². The number of pyridine rings is 2. The van der Waals surface area contributed by atoms with Crippen molar-refractivity contribution in [3.05, 3.63) is 42.0 Å². The fourth-order valence-electron chi connectivity index (χ4n) is 5.84. The zero-order valence-electron chi connectivity index (χ0n) is 23.4. The molecule has 11 nitrogen and oxygen atoms in total. The van der Waals surface area contributed by atoms with Crippen LogP contribution in [0.3, 0.4) is 0 Å². The molecule has 6 rings (SSSR count). The van der Waals surface area contributed by atoms with Gasteiger partial charge in [0.2, 0.25) is 15.9 Å². The number of nitrogens with zero attached hydrogens (tertiary/aromatic N) is 5. The van der Waals surface area contributed by atoms with Crippen molar-refractivity contribution in [2.24, 2.45) is 0 Å². The highest BCUT2D eigenvalue weighted by Crippen LogP contribution is 2.55. The number of carboxylic acid groups (broad SMARTS) is 1. The Hall–Kier alpha value is -3.84. The van der Waals surface area contributed by atoms with Gasteiger partial charge in [-0.25, -0.2) is 17.8 Å². The van der Waals surface area contributed by atoms with E-state index < -0.39 is 21.3 Å². The highest BCUT2D eigenvalue weighted by molar-refractivity contribution is 7.92. The summed E-state index contributed by atoms with van der Waals surface area (Å²) in [6.45, 7) is 2.74. The molecular weight excluding hydrogens is 551 g/mol. The van der Waals surface area contributed by atoms with Gasteiger partial charge in [-0.2, -0.15) is 0 Å². The van der Waals surface area contributed by atoms with Crippen molar-refractivity contribution in [2.45, 2.75) is 37.6 Å². The van der Waals surface area contributed by atoms with Gasteiger partial charge in [-0.15, -0.1) is 0 Å². The van der Waals surface area contributed by atoms with Gasteiger partial charge in [0, 0.05) is 60.5 Å². The van der Waals surface area contributed by atoms with Crippen LogP contribution in [-0.4, -0.2) is 86.8 Å². The molecule has 2 N–H and O–H groups in total. The Morgan fingerprint density at radius 1 is 1.20 bits per heavy atom. The summed E-state index contributed by atoms with van der Waals surface area (Å²) in [5, 5.41) is 7.63. The summed E-state index contributed by atoms with van der Waals surface area (Å²) in [4.78, 5) is 36.4. The fraction of sp³-hybridized carbons (Fsp3) is 0.429. The Morgan fingerprint density at radius 2 is 1.88 bits per heavy atom. The lowest BCUT2D eigenvalue weighted by Gasteiger charge is -2.44. The SMILES string of the molecule is CCS(=O)(=O)Nc1cc(-c2cc3c4c(cnc3cc2F)N(C)C(=O)C42CCC2)cnc1N1CC(N(C)C)C1.O=CO. The summed E-state index contributed by atoms with van der Waals surface area (Å²) < 4.78 is 43.2. The van der Waals surface area contributed by atoms with Crippen molar-refractivity contribution in [2.75, 3.05) is 54.5 Å². The molecule has 2 aliphatic heterocycles. The van der Waals surface area contributed by atoms with Crippen LogP contribution < -0.4 is 14.5 Å². The molecule has 1 aliphatic carbocycles. The van der Waals surface area contributed by atoms with E-state index in [1.54, 1.807) is 43.4 Å². The van der Waals surface area contributed by atoms with E-state index in [4.69, 9.17) is 9.90 Å². The van der Waals surface area contributed by atoms with Gasteiger partial charge in [-0.3, -0.25) is 19.3 Å². The molecule has 0 bridgehead atoms. The second kappa shape index (κ2) is 10.5. The zero-order valence-corrected chi connectivity index (χ0v) is 24.2. The van der Waals surface area contributed by atoms with Crippen LogP contribution in [0.5, 0.6) is 0 Å². The predicted octanol–water partition coefficient (Wildman–Crippen LogP) is 3.05. The zero-order chi connectivity index (χ0) is 29.7. The van der Waals surface area contributed by atoms with E-state index in [0.29, 0.717) is 41.7 Å². The number of benzene rings is 1. The third-order valence-corrected chi connectivity index (χ3v) is 9.70. The van der Waals surface area contributed by atoms with Gasteiger partial charge in [0.05, 0.1) is 34.3 Å². The molecule has 1 aromatic carbocycles. The van der Waals surface area contributed by atoms with E-state index in [1.807, 2.05) is 19.0 Å². The highest BCUT2D eigenvalue weighted by Gasteiger charge is 2.54. The van der Waals surface area contributed by atoms with E-state index in [2.05, 4.69) is 19.6 Å². The lowest BCUT2D eigenvalue weighted by atomic mass is 9.64. The number of amides is 1. The lowest BCUT2D eigenvalue weighted by Crippen LogP contribution is -2.57. The third-order valence-electron chi connectivity index (χ3n) is 8.41. The number of aromatic nitrogens is 2. The molecular formula is C28H33FN6O5S. The Labute approximate surface area is 238 Å². The number of nitrogens with one attached hydrogen (secondary N) is 1. The van der Waals surface area contributed by atoms with Gasteiger partial charge >= 0.3 is 0 Å². The number of sulfonamides is 1. The average molecular weight is 585 g/mol.